The number of benzene rings is 2. The lowest BCUT2D eigenvalue weighted by Gasteiger charge is -2.14. The predicted octanol–water partition coefficient (Wildman–Crippen LogP) is 4.59. The smallest absolute Gasteiger partial charge is 0.266 e. The van der Waals surface area contributed by atoms with Crippen molar-refractivity contribution in [2.24, 2.45) is 0 Å². The number of rotatable bonds is 4. The quantitative estimate of drug-likeness (QED) is 0.384. The van der Waals surface area contributed by atoms with Crippen LogP contribution in [0.2, 0.25) is 0 Å². The van der Waals surface area contributed by atoms with Crippen LogP contribution in [0.3, 0.4) is 0 Å². The second kappa shape index (κ2) is 7.04. The number of hydrogen-bond donors (Lipinski definition) is 0. The Balaban J connectivity index is 1.88. The topological polar surface area (TPSA) is 60.9 Å². The summed E-state index contributed by atoms with van der Waals surface area (Å²) in [6.07, 6.45) is 0. The Bertz CT molecular complexity index is 1170. The molecule has 0 radical (unpaired) electrons. The molecule has 5 nitrogen and oxygen atoms in total. The van der Waals surface area contributed by atoms with Crippen molar-refractivity contribution in [1.82, 2.24) is 14.7 Å². The van der Waals surface area contributed by atoms with Crippen molar-refractivity contribution < 1.29 is 4.52 Å². The fourth-order valence-corrected chi connectivity index (χ4v) is 4.02. The molecule has 6 heteroatoms. The molecule has 0 aliphatic heterocycles. The van der Waals surface area contributed by atoms with Gasteiger partial charge in [0.1, 0.15) is 5.76 Å². The van der Waals surface area contributed by atoms with Crippen LogP contribution in [-0.4, -0.2) is 14.7 Å². The van der Waals surface area contributed by atoms with Gasteiger partial charge in [0.25, 0.3) is 5.56 Å². The van der Waals surface area contributed by atoms with Gasteiger partial charge in [0.2, 0.25) is 0 Å². The Morgan fingerprint density at radius 2 is 1.78 bits per heavy atom. The molecule has 0 atom stereocenters. The molecule has 0 amide bonds. The molecule has 27 heavy (non-hydrogen) atoms. The van der Waals surface area contributed by atoms with Crippen LogP contribution in [0.15, 0.2) is 63.0 Å². The van der Waals surface area contributed by atoms with Crippen LogP contribution in [0.25, 0.3) is 16.6 Å². The van der Waals surface area contributed by atoms with Crippen LogP contribution in [0, 0.1) is 20.8 Å². The number of aryl methyl sites for hydroxylation is 3. The molecule has 0 aliphatic carbocycles. The Morgan fingerprint density at radius 1 is 1.04 bits per heavy atom. The minimum atomic E-state index is -0.0677. The molecule has 0 unspecified atom stereocenters. The third kappa shape index (κ3) is 3.53. The van der Waals surface area contributed by atoms with E-state index < -0.39 is 0 Å². The van der Waals surface area contributed by atoms with Crippen molar-refractivity contribution in [1.29, 1.82) is 0 Å². The van der Waals surface area contributed by atoms with Gasteiger partial charge in [-0.1, -0.05) is 35.1 Å². The number of thioether (sulfide) groups is 1. The molecule has 0 saturated carbocycles. The van der Waals surface area contributed by atoms with Crippen LogP contribution in [0.4, 0.5) is 0 Å². The average molecular weight is 377 g/mol. The lowest BCUT2D eigenvalue weighted by Crippen LogP contribution is -2.22. The van der Waals surface area contributed by atoms with Crippen LogP contribution in [0.5, 0.6) is 0 Å². The van der Waals surface area contributed by atoms with E-state index in [2.05, 4.69) is 11.2 Å². The fourth-order valence-electron chi connectivity index (χ4n) is 3.14. The van der Waals surface area contributed by atoms with E-state index in [9.17, 15) is 4.79 Å². The van der Waals surface area contributed by atoms with Crippen LogP contribution in [-0.2, 0) is 5.75 Å². The molecule has 2 heterocycles. The van der Waals surface area contributed by atoms with E-state index in [4.69, 9.17) is 9.51 Å². The Kier molecular flexibility index (Phi) is 4.58. The minimum absolute atomic E-state index is 0.0677. The molecule has 0 aliphatic rings. The first-order chi connectivity index (χ1) is 13.0. The predicted molar refractivity (Wildman–Crippen MR) is 108 cm³/mol. The molecule has 0 N–H and O–H groups in total. The van der Waals surface area contributed by atoms with Crippen molar-refractivity contribution >= 4 is 22.7 Å². The highest BCUT2D eigenvalue weighted by Gasteiger charge is 2.15. The highest BCUT2D eigenvalue weighted by molar-refractivity contribution is 7.98. The lowest BCUT2D eigenvalue weighted by molar-refractivity contribution is 0.391. The lowest BCUT2D eigenvalue weighted by atomic mass is 10.1. The number of para-hydroxylation sites is 1. The van der Waals surface area contributed by atoms with Crippen LogP contribution < -0.4 is 5.56 Å². The minimum Gasteiger partial charge on any atom is -0.360 e. The summed E-state index contributed by atoms with van der Waals surface area (Å²) in [6, 6.07) is 15.4. The monoisotopic (exact) mass is 377 g/mol. The van der Waals surface area contributed by atoms with Gasteiger partial charge in [-0.15, -0.1) is 0 Å². The van der Waals surface area contributed by atoms with E-state index in [-0.39, 0.29) is 5.56 Å². The molecule has 0 bridgehead atoms. The maximum atomic E-state index is 13.3. The van der Waals surface area contributed by atoms with E-state index in [1.165, 1.54) is 11.8 Å². The average Bonchev–Trinajstić information content (AvgIpc) is 3.04. The summed E-state index contributed by atoms with van der Waals surface area (Å²) in [7, 11) is 0. The number of aromatic nitrogens is 3. The third-order valence-corrected chi connectivity index (χ3v) is 5.19. The third-order valence-electron chi connectivity index (χ3n) is 4.23. The summed E-state index contributed by atoms with van der Waals surface area (Å²) < 4.78 is 6.99. The largest absolute Gasteiger partial charge is 0.360 e. The molecule has 2 aromatic carbocycles. The SMILES string of the molecule is Cc1cc(C)cc(-n2c(SCc3cc(C)no3)nc3ccccc3c2=O)c1. The van der Waals surface area contributed by atoms with Gasteiger partial charge in [-0.25, -0.2) is 4.98 Å². The maximum Gasteiger partial charge on any atom is 0.266 e. The van der Waals surface area contributed by atoms with Gasteiger partial charge < -0.3 is 4.52 Å². The van der Waals surface area contributed by atoms with Gasteiger partial charge >= 0.3 is 0 Å². The molecule has 2 aromatic heterocycles. The standard InChI is InChI=1S/C21H19N3O2S/c1-13-8-14(2)10-16(9-13)24-20(25)18-6-4-5-7-19(18)22-21(24)27-12-17-11-15(3)23-26-17/h4-11H,12H2,1-3H3. The van der Waals surface area contributed by atoms with Crippen molar-refractivity contribution in [3.63, 3.8) is 0 Å². The second-order valence-corrected chi connectivity index (χ2v) is 7.56. The van der Waals surface area contributed by atoms with E-state index in [0.29, 0.717) is 21.8 Å². The molecule has 0 fully saturated rings. The van der Waals surface area contributed by atoms with Gasteiger partial charge in [0.15, 0.2) is 5.16 Å². The van der Waals surface area contributed by atoms with Gasteiger partial charge in [-0.3, -0.25) is 9.36 Å². The van der Waals surface area contributed by atoms with Crippen molar-refractivity contribution in [2.75, 3.05) is 0 Å². The first kappa shape index (κ1) is 17.5. The maximum absolute atomic E-state index is 13.3. The summed E-state index contributed by atoms with van der Waals surface area (Å²) in [5, 5.41) is 5.17. The number of nitrogens with zero attached hydrogens (tertiary/aromatic N) is 3. The Morgan fingerprint density at radius 3 is 2.48 bits per heavy atom. The van der Waals surface area contributed by atoms with Gasteiger partial charge in [-0.05, 0) is 56.2 Å². The molecule has 136 valence electrons. The van der Waals surface area contributed by atoms with E-state index in [0.717, 1.165) is 28.3 Å². The normalized spacial score (nSPS) is 11.2. The molecule has 0 spiro atoms. The number of hydrogen-bond acceptors (Lipinski definition) is 5. The highest BCUT2D eigenvalue weighted by atomic mass is 32.2. The van der Waals surface area contributed by atoms with Gasteiger partial charge in [-0.2, -0.15) is 0 Å². The molecular formula is C21H19N3O2S. The highest BCUT2D eigenvalue weighted by Crippen LogP contribution is 2.25. The van der Waals surface area contributed by atoms with Crippen LogP contribution in [0.1, 0.15) is 22.6 Å². The summed E-state index contributed by atoms with van der Waals surface area (Å²) >= 11 is 1.47. The van der Waals surface area contributed by atoms with E-state index in [1.54, 1.807) is 4.57 Å². The first-order valence-electron chi connectivity index (χ1n) is 8.67. The van der Waals surface area contributed by atoms with Crippen molar-refractivity contribution in [3.8, 4) is 5.69 Å². The van der Waals surface area contributed by atoms with Crippen molar-refractivity contribution in [2.45, 2.75) is 31.7 Å². The van der Waals surface area contributed by atoms with E-state index >= 15 is 0 Å². The zero-order valence-electron chi connectivity index (χ0n) is 15.4. The summed E-state index contributed by atoms with van der Waals surface area (Å²) in [4.78, 5) is 18.0. The van der Waals surface area contributed by atoms with Gasteiger partial charge in [0, 0.05) is 6.07 Å². The zero-order valence-corrected chi connectivity index (χ0v) is 16.2. The summed E-state index contributed by atoms with van der Waals surface area (Å²) in [6.45, 7) is 5.94. The summed E-state index contributed by atoms with van der Waals surface area (Å²) in [5.74, 6) is 1.31. The van der Waals surface area contributed by atoms with Crippen molar-refractivity contribution in [3.05, 3.63) is 81.5 Å². The Hall–Kier alpha value is -2.86. The van der Waals surface area contributed by atoms with E-state index in [1.807, 2.05) is 63.2 Å². The van der Waals surface area contributed by atoms with Crippen LogP contribution >= 0.6 is 11.8 Å². The fraction of sp³-hybridized carbons (Fsp3) is 0.190. The van der Waals surface area contributed by atoms with Gasteiger partial charge in [0.05, 0.1) is 28.0 Å². The Labute approximate surface area is 161 Å². The summed E-state index contributed by atoms with van der Waals surface area (Å²) in [5.41, 5.74) is 4.50. The zero-order chi connectivity index (χ0) is 19.0. The number of fused-ring (bicyclic) bond motifs is 1. The molecular weight excluding hydrogens is 358 g/mol. The molecule has 0 saturated heterocycles. The first-order valence-corrected chi connectivity index (χ1v) is 9.65. The molecule has 4 rings (SSSR count). The molecule has 4 aromatic rings. The second-order valence-electron chi connectivity index (χ2n) is 6.62.